The molecule has 0 spiro atoms. The molecule has 3 aromatic carbocycles. The summed E-state index contributed by atoms with van der Waals surface area (Å²) in [6, 6.07) is 22.3. The number of rotatable bonds is 6. The summed E-state index contributed by atoms with van der Waals surface area (Å²) in [7, 11) is 0. The first-order valence-corrected chi connectivity index (χ1v) is 11.0. The molecule has 1 aliphatic heterocycles. The van der Waals surface area contributed by atoms with Crippen molar-refractivity contribution >= 4 is 52.2 Å². The van der Waals surface area contributed by atoms with E-state index in [1.807, 2.05) is 54.6 Å². The Labute approximate surface area is 194 Å². The lowest BCUT2D eigenvalue weighted by Crippen LogP contribution is -2.27. The van der Waals surface area contributed by atoms with Crippen LogP contribution < -0.4 is 4.74 Å². The summed E-state index contributed by atoms with van der Waals surface area (Å²) in [6.45, 7) is 0.624. The first-order valence-electron chi connectivity index (χ1n) is 9.46. The van der Waals surface area contributed by atoms with E-state index in [1.54, 1.807) is 24.3 Å². The van der Waals surface area contributed by atoms with E-state index in [4.69, 9.17) is 27.9 Å². The Morgan fingerprint density at radius 1 is 0.871 bits per heavy atom. The Balaban J connectivity index is 1.42. The molecule has 4 nitrogen and oxygen atoms in total. The van der Waals surface area contributed by atoms with Gasteiger partial charge in [0, 0.05) is 0 Å². The average molecular weight is 470 g/mol. The molecule has 31 heavy (non-hydrogen) atoms. The third-order valence-electron chi connectivity index (χ3n) is 4.62. The van der Waals surface area contributed by atoms with Gasteiger partial charge in [0.15, 0.2) is 0 Å². The van der Waals surface area contributed by atoms with Crippen LogP contribution in [0.5, 0.6) is 5.75 Å². The van der Waals surface area contributed by atoms with Crippen molar-refractivity contribution in [1.29, 1.82) is 0 Å². The second-order valence-electron chi connectivity index (χ2n) is 6.86. The molecule has 1 heterocycles. The Kier molecular flexibility index (Phi) is 6.66. The molecule has 2 amide bonds. The first kappa shape index (κ1) is 21.5. The minimum Gasteiger partial charge on any atom is -0.489 e. The molecule has 0 radical (unpaired) electrons. The topological polar surface area (TPSA) is 46.6 Å². The SMILES string of the molecule is O=C1S/C(=C/c2ccc(OCc3ccccc3)cc2)C(=O)N1Cc1ccc(Cl)c(Cl)c1. The zero-order valence-electron chi connectivity index (χ0n) is 16.3. The summed E-state index contributed by atoms with van der Waals surface area (Å²) in [5.74, 6) is 0.402. The normalized spacial score (nSPS) is 15.0. The number of benzene rings is 3. The molecular formula is C24H17Cl2NO3S. The van der Waals surface area contributed by atoms with Gasteiger partial charge >= 0.3 is 0 Å². The lowest BCUT2D eigenvalue weighted by molar-refractivity contribution is -0.123. The van der Waals surface area contributed by atoms with Gasteiger partial charge in [0.1, 0.15) is 12.4 Å². The number of carbonyl (C=O) groups is 2. The fourth-order valence-corrected chi connectivity index (χ4v) is 4.17. The Morgan fingerprint density at radius 2 is 1.61 bits per heavy atom. The van der Waals surface area contributed by atoms with Gasteiger partial charge in [-0.25, -0.2) is 0 Å². The molecule has 156 valence electrons. The third kappa shape index (κ3) is 5.31. The molecule has 1 aliphatic rings. The van der Waals surface area contributed by atoms with Crippen molar-refractivity contribution in [3.8, 4) is 5.75 Å². The second-order valence-corrected chi connectivity index (χ2v) is 8.67. The maximum Gasteiger partial charge on any atom is 0.293 e. The number of hydrogen-bond acceptors (Lipinski definition) is 4. The number of imide groups is 1. The third-order valence-corrected chi connectivity index (χ3v) is 6.27. The lowest BCUT2D eigenvalue weighted by Gasteiger charge is -2.12. The van der Waals surface area contributed by atoms with E-state index in [0.29, 0.717) is 21.6 Å². The Bertz CT molecular complexity index is 1150. The molecule has 1 saturated heterocycles. The lowest BCUT2D eigenvalue weighted by atomic mass is 10.2. The van der Waals surface area contributed by atoms with Gasteiger partial charge in [-0.1, -0.05) is 71.7 Å². The van der Waals surface area contributed by atoms with E-state index in [9.17, 15) is 9.59 Å². The van der Waals surface area contributed by atoms with Crippen molar-refractivity contribution in [1.82, 2.24) is 4.90 Å². The molecule has 0 saturated carbocycles. The maximum atomic E-state index is 12.7. The summed E-state index contributed by atoms with van der Waals surface area (Å²) in [5, 5.41) is 0.497. The average Bonchev–Trinajstić information content (AvgIpc) is 3.04. The molecule has 0 bridgehead atoms. The minimum absolute atomic E-state index is 0.144. The number of thioether (sulfide) groups is 1. The van der Waals surface area contributed by atoms with Crippen molar-refractivity contribution < 1.29 is 14.3 Å². The molecule has 1 fully saturated rings. The zero-order chi connectivity index (χ0) is 21.8. The van der Waals surface area contributed by atoms with Crippen LogP contribution in [0.3, 0.4) is 0 Å². The molecule has 0 unspecified atom stereocenters. The van der Waals surface area contributed by atoms with Crippen LogP contribution in [-0.4, -0.2) is 16.0 Å². The van der Waals surface area contributed by atoms with E-state index >= 15 is 0 Å². The minimum atomic E-state index is -0.328. The number of ether oxygens (including phenoxy) is 1. The molecular weight excluding hydrogens is 453 g/mol. The Morgan fingerprint density at radius 3 is 2.32 bits per heavy atom. The van der Waals surface area contributed by atoms with Crippen LogP contribution in [0.15, 0.2) is 77.7 Å². The smallest absolute Gasteiger partial charge is 0.293 e. The van der Waals surface area contributed by atoms with Gasteiger partial charge in [-0.05, 0) is 58.8 Å². The van der Waals surface area contributed by atoms with Gasteiger partial charge in [-0.3, -0.25) is 14.5 Å². The van der Waals surface area contributed by atoms with Gasteiger partial charge in [0.05, 0.1) is 21.5 Å². The standard InChI is InChI=1S/C24H17Cl2NO3S/c25-20-11-8-18(12-21(20)26)14-27-23(28)22(31-24(27)29)13-16-6-9-19(10-7-16)30-15-17-4-2-1-3-5-17/h1-13H,14-15H2/b22-13+. The summed E-state index contributed by atoms with van der Waals surface area (Å²) < 4.78 is 5.78. The summed E-state index contributed by atoms with van der Waals surface area (Å²) >= 11 is 12.9. The second kappa shape index (κ2) is 9.60. The predicted molar refractivity (Wildman–Crippen MR) is 125 cm³/mol. The molecule has 0 aliphatic carbocycles. The highest BCUT2D eigenvalue weighted by Gasteiger charge is 2.35. The van der Waals surface area contributed by atoms with Crippen LogP contribution in [-0.2, 0) is 17.9 Å². The predicted octanol–water partition coefficient (Wildman–Crippen LogP) is 6.81. The zero-order valence-corrected chi connectivity index (χ0v) is 18.6. The van der Waals surface area contributed by atoms with Gasteiger partial charge in [0.2, 0.25) is 0 Å². The molecule has 0 N–H and O–H groups in total. The van der Waals surface area contributed by atoms with Gasteiger partial charge < -0.3 is 4.74 Å². The fraction of sp³-hybridized carbons (Fsp3) is 0.0833. The molecule has 7 heteroatoms. The van der Waals surface area contributed by atoms with Crippen molar-refractivity contribution in [3.63, 3.8) is 0 Å². The van der Waals surface area contributed by atoms with Crippen LogP contribution in [0, 0.1) is 0 Å². The van der Waals surface area contributed by atoms with E-state index in [0.717, 1.165) is 34.2 Å². The fourth-order valence-electron chi connectivity index (χ4n) is 3.01. The van der Waals surface area contributed by atoms with Crippen LogP contribution >= 0.6 is 35.0 Å². The first-order chi connectivity index (χ1) is 15.0. The van der Waals surface area contributed by atoms with Gasteiger partial charge in [-0.15, -0.1) is 0 Å². The quantitative estimate of drug-likeness (QED) is 0.372. The largest absolute Gasteiger partial charge is 0.489 e. The molecule has 0 aromatic heterocycles. The highest BCUT2D eigenvalue weighted by atomic mass is 35.5. The maximum absolute atomic E-state index is 12.7. The van der Waals surface area contributed by atoms with Crippen molar-refractivity contribution in [2.24, 2.45) is 0 Å². The van der Waals surface area contributed by atoms with Crippen LogP contribution in [0.4, 0.5) is 4.79 Å². The highest BCUT2D eigenvalue weighted by Crippen LogP contribution is 2.34. The van der Waals surface area contributed by atoms with Crippen LogP contribution in [0.25, 0.3) is 6.08 Å². The number of halogens is 2. The Hall–Kier alpha value is -2.73. The number of carbonyl (C=O) groups excluding carboxylic acids is 2. The summed E-state index contributed by atoms with van der Waals surface area (Å²) in [6.07, 6.45) is 1.71. The van der Waals surface area contributed by atoms with E-state index in [-0.39, 0.29) is 17.7 Å². The summed E-state index contributed by atoms with van der Waals surface area (Å²) in [5.41, 5.74) is 2.63. The summed E-state index contributed by atoms with van der Waals surface area (Å²) in [4.78, 5) is 26.7. The van der Waals surface area contributed by atoms with E-state index in [1.165, 1.54) is 4.90 Å². The van der Waals surface area contributed by atoms with E-state index in [2.05, 4.69) is 0 Å². The number of amides is 2. The van der Waals surface area contributed by atoms with Gasteiger partial charge in [-0.2, -0.15) is 0 Å². The van der Waals surface area contributed by atoms with Crippen LogP contribution in [0.2, 0.25) is 10.0 Å². The molecule has 3 aromatic rings. The molecule has 4 rings (SSSR count). The van der Waals surface area contributed by atoms with Crippen molar-refractivity contribution in [2.45, 2.75) is 13.2 Å². The van der Waals surface area contributed by atoms with Crippen molar-refractivity contribution in [2.75, 3.05) is 0 Å². The van der Waals surface area contributed by atoms with Crippen LogP contribution in [0.1, 0.15) is 16.7 Å². The monoisotopic (exact) mass is 469 g/mol. The van der Waals surface area contributed by atoms with Gasteiger partial charge in [0.25, 0.3) is 11.1 Å². The molecule has 0 atom stereocenters. The highest BCUT2D eigenvalue weighted by molar-refractivity contribution is 8.18. The number of hydrogen-bond donors (Lipinski definition) is 0. The van der Waals surface area contributed by atoms with Crippen molar-refractivity contribution in [3.05, 3.63) is 104 Å². The van der Waals surface area contributed by atoms with E-state index < -0.39 is 0 Å². The number of nitrogens with zero attached hydrogens (tertiary/aromatic N) is 1.